The lowest BCUT2D eigenvalue weighted by atomic mass is 10.2. The van der Waals surface area contributed by atoms with Gasteiger partial charge >= 0.3 is 0 Å². The Morgan fingerprint density at radius 1 is 1.20 bits per heavy atom. The molecule has 78 valence electrons. The molecule has 0 atom stereocenters. The quantitative estimate of drug-likeness (QED) is 0.753. The molecule has 0 aliphatic heterocycles. The van der Waals surface area contributed by atoms with Crippen LogP contribution in [0.5, 0.6) is 0 Å². The zero-order chi connectivity index (χ0) is 10.9. The second-order valence-electron chi connectivity index (χ2n) is 3.11. The highest BCUT2D eigenvalue weighted by Crippen LogP contribution is 2.14. The van der Waals surface area contributed by atoms with Crippen LogP contribution in [0.1, 0.15) is 0 Å². The fourth-order valence-electron chi connectivity index (χ4n) is 1.15. The smallest absolute Gasteiger partial charge is 0.205 e. The number of rotatable bonds is 2. The first-order chi connectivity index (χ1) is 7.07. The van der Waals surface area contributed by atoms with Gasteiger partial charge in [-0.1, -0.05) is 35.5 Å². The van der Waals surface area contributed by atoms with Crippen molar-refractivity contribution in [2.75, 3.05) is 6.26 Å². The van der Waals surface area contributed by atoms with Crippen LogP contribution in [0.15, 0.2) is 36.5 Å². The molecule has 15 heavy (non-hydrogen) atoms. The first-order valence-corrected chi connectivity index (χ1v) is 6.10. The van der Waals surface area contributed by atoms with E-state index in [1.54, 1.807) is 0 Å². The van der Waals surface area contributed by atoms with Crippen molar-refractivity contribution in [1.29, 1.82) is 0 Å². The molecule has 1 aromatic heterocycles. The van der Waals surface area contributed by atoms with Gasteiger partial charge in [-0.25, -0.2) is 8.42 Å². The maximum Gasteiger partial charge on any atom is 0.252 e. The normalized spacial score (nSPS) is 11.5. The zero-order valence-electron chi connectivity index (χ0n) is 8.03. The van der Waals surface area contributed by atoms with Crippen LogP contribution < -0.4 is 0 Å². The minimum absolute atomic E-state index is 0.543. The molecule has 0 aliphatic rings. The van der Waals surface area contributed by atoms with Gasteiger partial charge in [-0.2, -0.15) is 0 Å². The Hall–Kier alpha value is -1.69. The molecule has 1 heterocycles. The Balaban J connectivity index is 2.46. The number of hydrogen-bond acceptors (Lipinski definition) is 4. The van der Waals surface area contributed by atoms with Crippen LogP contribution in [0.25, 0.3) is 11.3 Å². The summed E-state index contributed by atoms with van der Waals surface area (Å²) in [5, 5.41) is 7.33. The zero-order valence-corrected chi connectivity index (χ0v) is 8.85. The van der Waals surface area contributed by atoms with E-state index in [4.69, 9.17) is 0 Å². The molecular weight excluding hydrogens is 214 g/mol. The Labute approximate surface area is 87.4 Å². The molecule has 0 bridgehead atoms. The lowest BCUT2D eigenvalue weighted by Gasteiger charge is -1.93. The lowest BCUT2D eigenvalue weighted by molar-refractivity contribution is 0.583. The first-order valence-electron chi connectivity index (χ1n) is 4.26. The molecule has 0 N–H and O–H groups in total. The Kier molecular flexibility index (Phi) is 2.28. The van der Waals surface area contributed by atoms with Gasteiger partial charge in [0.1, 0.15) is 5.69 Å². The molecule has 1 aromatic carbocycles. The molecule has 0 spiro atoms. The van der Waals surface area contributed by atoms with Crippen LogP contribution in [0.2, 0.25) is 0 Å². The van der Waals surface area contributed by atoms with Crippen LogP contribution in [-0.4, -0.2) is 29.1 Å². The molecule has 0 radical (unpaired) electrons. The van der Waals surface area contributed by atoms with E-state index >= 15 is 0 Å². The third kappa shape index (κ3) is 2.04. The van der Waals surface area contributed by atoms with Crippen molar-refractivity contribution in [3.63, 3.8) is 0 Å². The van der Waals surface area contributed by atoms with E-state index in [2.05, 4.69) is 10.3 Å². The third-order valence-electron chi connectivity index (χ3n) is 1.88. The summed E-state index contributed by atoms with van der Waals surface area (Å²) in [5.74, 6) is 0. The van der Waals surface area contributed by atoms with Crippen molar-refractivity contribution in [3.8, 4) is 11.3 Å². The van der Waals surface area contributed by atoms with E-state index in [1.807, 2.05) is 30.3 Å². The van der Waals surface area contributed by atoms with Crippen molar-refractivity contribution in [2.45, 2.75) is 0 Å². The minimum Gasteiger partial charge on any atom is -0.205 e. The highest BCUT2D eigenvalue weighted by atomic mass is 32.2. The summed E-state index contributed by atoms with van der Waals surface area (Å²) in [7, 11) is -3.35. The molecule has 0 aliphatic carbocycles. The second kappa shape index (κ2) is 3.47. The van der Waals surface area contributed by atoms with E-state index in [-0.39, 0.29) is 0 Å². The molecule has 5 nitrogen and oxygen atoms in total. The summed E-state index contributed by atoms with van der Waals surface area (Å²) in [6.45, 7) is 0. The van der Waals surface area contributed by atoms with Gasteiger partial charge in [0.05, 0.1) is 12.5 Å². The third-order valence-corrected chi connectivity index (χ3v) is 2.74. The molecule has 2 aromatic rings. The monoisotopic (exact) mass is 223 g/mol. The summed E-state index contributed by atoms with van der Waals surface area (Å²) in [4.78, 5) is 0. The van der Waals surface area contributed by atoms with E-state index in [9.17, 15) is 8.42 Å². The van der Waals surface area contributed by atoms with Gasteiger partial charge in [-0.05, 0) is 0 Å². The Bertz CT molecular complexity index is 560. The van der Waals surface area contributed by atoms with Crippen LogP contribution in [0.4, 0.5) is 0 Å². The molecule has 6 heteroatoms. The molecule has 0 fully saturated rings. The Morgan fingerprint density at radius 2 is 1.87 bits per heavy atom. The van der Waals surface area contributed by atoms with Gasteiger partial charge in [-0.15, -0.1) is 9.19 Å². The van der Waals surface area contributed by atoms with Gasteiger partial charge in [-0.3, -0.25) is 0 Å². The van der Waals surface area contributed by atoms with Gasteiger partial charge < -0.3 is 0 Å². The summed E-state index contributed by atoms with van der Waals surface area (Å²) in [6.07, 6.45) is 2.47. The SMILES string of the molecule is CS(=O)(=O)n1cc(-c2ccccc2)nn1. The molecular formula is C9H9N3O2S. The summed E-state index contributed by atoms with van der Waals surface area (Å²) < 4.78 is 23.1. The van der Waals surface area contributed by atoms with Crippen molar-refractivity contribution in [3.05, 3.63) is 36.5 Å². The van der Waals surface area contributed by atoms with E-state index < -0.39 is 10.0 Å². The van der Waals surface area contributed by atoms with Gasteiger partial charge in [0.2, 0.25) is 0 Å². The maximum atomic E-state index is 11.1. The number of nitrogens with zero attached hydrogens (tertiary/aromatic N) is 3. The summed E-state index contributed by atoms with van der Waals surface area (Å²) in [6, 6.07) is 9.28. The molecule has 0 saturated carbocycles. The van der Waals surface area contributed by atoms with Gasteiger partial charge in [0.15, 0.2) is 0 Å². The van der Waals surface area contributed by atoms with Gasteiger partial charge in [0.25, 0.3) is 10.0 Å². The summed E-state index contributed by atoms with van der Waals surface area (Å²) in [5.41, 5.74) is 1.38. The topological polar surface area (TPSA) is 64.8 Å². The second-order valence-corrected chi connectivity index (χ2v) is 4.95. The molecule has 2 rings (SSSR count). The average molecular weight is 223 g/mol. The van der Waals surface area contributed by atoms with Gasteiger partial charge in [0, 0.05) is 5.56 Å². The number of aromatic nitrogens is 3. The van der Waals surface area contributed by atoms with Crippen molar-refractivity contribution >= 4 is 10.0 Å². The largest absolute Gasteiger partial charge is 0.252 e. The standard InChI is InChI=1S/C9H9N3O2S/c1-15(13,14)12-7-9(10-11-12)8-5-3-2-4-6-8/h2-7H,1H3. The van der Waals surface area contributed by atoms with Crippen LogP contribution >= 0.6 is 0 Å². The first kappa shape index (κ1) is 9.85. The van der Waals surface area contributed by atoms with Crippen LogP contribution in [0, 0.1) is 0 Å². The number of hydrogen-bond donors (Lipinski definition) is 0. The predicted molar refractivity (Wildman–Crippen MR) is 55.7 cm³/mol. The fourth-order valence-corrected chi connectivity index (χ4v) is 1.61. The van der Waals surface area contributed by atoms with E-state index in [1.165, 1.54) is 6.20 Å². The molecule has 0 saturated heterocycles. The fraction of sp³-hybridized carbons (Fsp3) is 0.111. The predicted octanol–water partition coefficient (Wildman–Crippen LogP) is 0.753. The molecule has 0 unspecified atom stereocenters. The van der Waals surface area contributed by atoms with Crippen LogP contribution in [0.3, 0.4) is 0 Å². The van der Waals surface area contributed by atoms with E-state index in [0.29, 0.717) is 5.69 Å². The highest BCUT2D eigenvalue weighted by Gasteiger charge is 2.09. The van der Waals surface area contributed by atoms with Crippen molar-refractivity contribution in [1.82, 2.24) is 14.4 Å². The average Bonchev–Trinajstić information content (AvgIpc) is 2.67. The minimum atomic E-state index is -3.35. The maximum absolute atomic E-state index is 11.1. The van der Waals surface area contributed by atoms with Crippen molar-refractivity contribution < 1.29 is 8.42 Å². The summed E-state index contributed by atoms with van der Waals surface area (Å²) >= 11 is 0. The molecule has 0 amide bonds. The highest BCUT2D eigenvalue weighted by molar-refractivity contribution is 7.89. The van der Waals surface area contributed by atoms with Crippen molar-refractivity contribution in [2.24, 2.45) is 0 Å². The van der Waals surface area contributed by atoms with Crippen LogP contribution in [-0.2, 0) is 10.0 Å². The lowest BCUT2D eigenvalue weighted by Crippen LogP contribution is -2.10. The van der Waals surface area contributed by atoms with E-state index in [0.717, 1.165) is 15.9 Å². The Morgan fingerprint density at radius 3 is 2.40 bits per heavy atom. The number of benzene rings is 1.